The minimum absolute atomic E-state index is 0.0960. The zero-order valence-electron chi connectivity index (χ0n) is 15.8. The van der Waals surface area contributed by atoms with E-state index >= 15 is 0 Å². The van der Waals surface area contributed by atoms with Crippen LogP contribution in [0.4, 0.5) is 11.4 Å². The van der Waals surface area contributed by atoms with Gasteiger partial charge in [-0.05, 0) is 58.2 Å². The molecule has 0 aromatic heterocycles. The third-order valence-electron chi connectivity index (χ3n) is 5.07. The van der Waals surface area contributed by atoms with Gasteiger partial charge in [-0.25, -0.2) is 4.90 Å². The maximum atomic E-state index is 12.6. The Bertz CT molecular complexity index is 826. The fraction of sp³-hybridized carbons (Fsp3) is 0.450. The van der Waals surface area contributed by atoms with Crippen LogP contribution in [-0.2, 0) is 14.4 Å². The number of imide groups is 1. The van der Waals surface area contributed by atoms with Gasteiger partial charge in [0.05, 0.1) is 22.8 Å². The molecule has 6 nitrogen and oxygen atoms in total. The van der Waals surface area contributed by atoms with Crippen LogP contribution in [0.15, 0.2) is 29.3 Å². The minimum Gasteiger partial charge on any atom is -0.373 e. The topological polar surface area (TPSA) is 78.5 Å². The molecular formula is C20H24ClN3O3. The van der Waals surface area contributed by atoms with Crippen LogP contribution in [0.3, 0.4) is 0 Å². The Morgan fingerprint density at radius 1 is 1.26 bits per heavy atom. The number of nitrogens with one attached hydrogen (secondary N) is 2. The first-order chi connectivity index (χ1) is 12.8. The second kappa shape index (κ2) is 7.72. The average molecular weight is 390 g/mol. The van der Waals surface area contributed by atoms with E-state index in [1.807, 2.05) is 13.8 Å². The molecule has 144 valence electrons. The Kier molecular flexibility index (Phi) is 5.56. The van der Waals surface area contributed by atoms with E-state index in [9.17, 15) is 14.4 Å². The van der Waals surface area contributed by atoms with E-state index in [-0.39, 0.29) is 30.2 Å². The molecule has 1 aliphatic heterocycles. The Morgan fingerprint density at radius 3 is 2.52 bits per heavy atom. The first kappa shape index (κ1) is 19.4. The molecule has 3 amide bonds. The highest BCUT2D eigenvalue weighted by Crippen LogP contribution is 2.33. The summed E-state index contributed by atoms with van der Waals surface area (Å²) in [6.07, 6.45) is 3.28. The zero-order chi connectivity index (χ0) is 19.7. The normalized spacial score (nSPS) is 18.4. The number of rotatable bonds is 5. The maximum Gasteiger partial charge on any atom is 0.261 e. The van der Waals surface area contributed by atoms with Gasteiger partial charge in [-0.15, -0.1) is 0 Å². The predicted molar refractivity (Wildman–Crippen MR) is 106 cm³/mol. The molecule has 0 bridgehead atoms. The lowest BCUT2D eigenvalue weighted by Gasteiger charge is -2.28. The van der Waals surface area contributed by atoms with Gasteiger partial charge in [0.15, 0.2) is 0 Å². The van der Waals surface area contributed by atoms with Gasteiger partial charge in [0.25, 0.3) is 5.91 Å². The zero-order valence-corrected chi connectivity index (χ0v) is 16.5. The lowest BCUT2D eigenvalue weighted by atomic mass is 9.93. The molecule has 1 aromatic rings. The predicted octanol–water partition coefficient (Wildman–Crippen LogP) is 3.41. The van der Waals surface area contributed by atoms with Gasteiger partial charge in [0.2, 0.25) is 11.8 Å². The molecule has 0 radical (unpaired) electrons. The summed E-state index contributed by atoms with van der Waals surface area (Å²) < 4.78 is 0. The number of benzene rings is 1. The van der Waals surface area contributed by atoms with Gasteiger partial charge in [0.1, 0.15) is 6.04 Å². The summed E-state index contributed by atoms with van der Waals surface area (Å²) in [7, 11) is 0. The summed E-state index contributed by atoms with van der Waals surface area (Å²) in [6, 6.07) is 4.66. The number of anilines is 2. The third kappa shape index (κ3) is 4.00. The van der Waals surface area contributed by atoms with Gasteiger partial charge >= 0.3 is 0 Å². The molecule has 1 atom stereocenters. The third-order valence-corrected chi connectivity index (χ3v) is 5.40. The lowest BCUT2D eigenvalue weighted by Crippen LogP contribution is -2.46. The Balaban J connectivity index is 1.78. The van der Waals surface area contributed by atoms with Crippen molar-refractivity contribution in [3.8, 4) is 0 Å². The molecule has 1 unspecified atom stereocenters. The van der Waals surface area contributed by atoms with E-state index in [0.29, 0.717) is 22.0 Å². The lowest BCUT2D eigenvalue weighted by molar-refractivity contribution is -0.123. The van der Waals surface area contributed by atoms with Gasteiger partial charge in [0, 0.05) is 11.6 Å². The van der Waals surface area contributed by atoms with E-state index in [0.717, 1.165) is 24.8 Å². The molecule has 1 heterocycles. The number of halogens is 1. The van der Waals surface area contributed by atoms with Crippen molar-refractivity contribution in [1.29, 1.82) is 0 Å². The SMILES string of the molecule is CC(C)=C1CC(=O)N(c2ccc(Cl)c(NC(C)C(=O)NC3CCC3)c2)C1=O. The highest BCUT2D eigenvalue weighted by Gasteiger charge is 2.35. The van der Waals surface area contributed by atoms with Crippen molar-refractivity contribution in [2.24, 2.45) is 0 Å². The smallest absolute Gasteiger partial charge is 0.261 e. The van der Waals surface area contributed by atoms with Gasteiger partial charge in [-0.1, -0.05) is 17.2 Å². The first-order valence-corrected chi connectivity index (χ1v) is 9.56. The molecular weight excluding hydrogens is 366 g/mol. The number of carbonyl (C=O) groups is 3. The molecule has 3 rings (SSSR count). The van der Waals surface area contributed by atoms with Crippen LogP contribution >= 0.6 is 11.6 Å². The van der Waals surface area contributed by atoms with Crippen molar-refractivity contribution in [3.05, 3.63) is 34.4 Å². The van der Waals surface area contributed by atoms with Crippen LogP contribution in [0.1, 0.15) is 46.5 Å². The van der Waals surface area contributed by atoms with Crippen molar-refractivity contribution in [1.82, 2.24) is 5.32 Å². The summed E-state index contributed by atoms with van der Waals surface area (Å²) in [4.78, 5) is 38.4. The number of hydrogen-bond acceptors (Lipinski definition) is 4. The fourth-order valence-electron chi connectivity index (χ4n) is 3.15. The highest BCUT2D eigenvalue weighted by molar-refractivity contribution is 6.34. The molecule has 2 N–H and O–H groups in total. The highest BCUT2D eigenvalue weighted by atomic mass is 35.5. The van der Waals surface area contributed by atoms with Crippen molar-refractivity contribution in [2.75, 3.05) is 10.2 Å². The van der Waals surface area contributed by atoms with E-state index in [1.54, 1.807) is 25.1 Å². The van der Waals surface area contributed by atoms with E-state index < -0.39 is 6.04 Å². The van der Waals surface area contributed by atoms with Crippen LogP contribution in [0, 0.1) is 0 Å². The van der Waals surface area contributed by atoms with E-state index in [4.69, 9.17) is 11.6 Å². The second-order valence-corrected chi connectivity index (χ2v) is 7.76. The Labute approximate surface area is 163 Å². The number of amides is 3. The van der Waals surface area contributed by atoms with Crippen molar-refractivity contribution in [3.63, 3.8) is 0 Å². The Hall–Kier alpha value is -2.34. The molecule has 2 aliphatic rings. The largest absolute Gasteiger partial charge is 0.373 e. The van der Waals surface area contributed by atoms with Crippen LogP contribution in [-0.4, -0.2) is 29.8 Å². The summed E-state index contributed by atoms with van der Waals surface area (Å²) in [5, 5.41) is 6.49. The van der Waals surface area contributed by atoms with Gasteiger partial charge in [-0.2, -0.15) is 0 Å². The minimum atomic E-state index is -0.489. The molecule has 1 aliphatic carbocycles. The number of carbonyl (C=O) groups excluding carboxylic acids is 3. The number of allylic oxidation sites excluding steroid dienone is 1. The molecule has 2 fully saturated rings. The van der Waals surface area contributed by atoms with E-state index in [2.05, 4.69) is 10.6 Å². The van der Waals surface area contributed by atoms with Gasteiger partial charge in [-0.3, -0.25) is 14.4 Å². The van der Waals surface area contributed by atoms with Crippen LogP contribution < -0.4 is 15.5 Å². The monoisotopic (exact) mass is 389 g/mol. The van der Waals surface area contributed by atoms with Gasteiger partial charge < -0.3 is 10.6 Å². The standard InChI is InChI=1S/C20H24ClN3O3/c1-11(2)15-10-18(25)24(20(15)27)14-7-8-16(21)17(9-14)22-12(3)19(26)23-13-5-4-6-13/h7-9,12-13,22H,4-6,10H2,1-3H3,(H,23,26). The van der Waals surface area contributed by atoms with Crippen LogP contribution in [0.5, 0.6) is 0 Å². The Morgan fingerprint density at radius 2 is 1.96 bits per heavy atom. The summed E-state index contributed by atoms with van der Waals surface area (Å²) in [5.41, 5.74) is 2.32. The maximum absolute atomic E-state index is 12.6. The molecule has 7 heteroatoms. The van der Waals surface area contributed by atoms with Crippen molar-refractivity contribution < 1.29 is 14.4 Å². The molecule has 0 spiro atoms. The molecule has 27 heavy (non-hydrogen) atoms. The summed E-state index contributed by atoms with van der Waals surface area (Å²) in [5.74, 6) is -0.661. The molecule has 1 aromatic carbocycles. The summed E-state index contributed by atoms with van der Waals surface area (Å²) >= 11 is 6.26. The number of nitrogens with zero attached hydrogens (tertiary/aromatic N) is 1. The average Bonchev–Trinajstić information content (AvgIpc) is 2.87. The van der Waals surface area contributed by atoms with Crippen molar-refractivity contribution >= 4 is 40.7 Å². The van der Waals surface area contributed by atoms with Crippen LogP contribution in [0.2, 0.25) is 5.02 Å². The van der Waals surface area contributed by atoms with Crippen molar-refractivity contribution in [2.45, 2.75) is 58.5 Å². The van der Waals surface area contributed by atoms with E-state index in [1.165, 1.54) is 4.90 Å². The first-order valence-electron chi connectivity index (χ1n) is 9.18. The quantitative estimate of drug-likeness (QED) is 0.597. The molecule has 1 saturated carbocycles. The molecule has 1 saturated heterocycles. The fourth-order valence-corrected chi connectivity index (χ4v) is 3.32. The second-order valence-electron chi connectivity index (χ2n) is 7.36. The van der Waals surface area contributed by atoms with Crippen LogP contribution in [0.25, 0.3) is 0 Å². The summed E-state index contributed by atoms with van der Waals surface area (Å²) in [6.45, 7) is 5.40. The number of hydrogen-bond donors (Lipinski definition) is 2.